The van der Waals surface area contributed by atoms with Gasteiger partial charge in [-0.3, -0.25) is 5.32 Å². The van der Waals surface area contributed by atoms with Crippen LogP contribution in [-0.4, -0.2) is 19.2 Å². The molecule has 2 rings (SSSR count). The van der Waals surface area contributed by atoms with Crippen molar-refractivity contribution in [2.24, 2.45) is 0 Å². The molecule has 7 heteroatoms. The molecule has 0 bridgehead atoms. The van der Waals surface area contributed by atoms with Gasteiger partial charge in [-0.15, -0.1) is 11.3 Å². The van der Waals surface area contributed by atoms with Gasteiger partial charge in [0, 0.05) is 0 Å². The zero-order valence-corrected chi connectivity index (χ0v) is 12.8. The Labute approximate surface area is 127 Å². The first-order valence-electron chi connectivity index (χ1n) is 5.51. The third kappa shape index (κ3) is 3.58. The van der Waals surface area contributed by atoms with Crippen LogP contribution < -0.4 is 10.1 Å². The summed E-state index contributed by atoms with van der Waals surface area (Å²) in [4.78, 5) is 23.6. The number of carbonyl (C=O) groups is 2. The molecule has 20 heavy (non-hydrogen) atoms. The maximum atomic E-state index is 11.8. The molecule has 1 N–H and O–H groups in total. The van der Waals surface area contributed by atoms with Gasteiger partial charge in [0.25, 0.3) is 0 Å². The normalized spacial score (nSPS) is 9.90. The fourth-order valence-corrected chi connectivity index (χ4v) is 2.90. The first kappa shape index (κ1) is 14.5. The molecule has 1 aromatic carbocycles. The lowest BCUT2D eigenvalue weighted by atomic mass is 10.3. The molecule has 0 aliphatic heterocycles. The molecule has 1 heterocycles. The molecule has 1 amide bonds. The number of para-hydroxylation sites is 1. The van der Waals surface area contributed by atoms with E-state index < -0.39 is 12.1 Å². The van der Waals surface area contributed by atoms with Crippen LogP contribution in [0, 0.1) is 0 Å². The van der Waals surface area contributed by atoms with E-state index in [1.54, 1.807) is 30.3 Å². The van der Waals surface area contributed by atoms with E-state index in [-0.39, 0.29) is 0 Å². The number of hydrogen-bond donors (Lipinski definition) is 1. The van der Waals surface area contributed by atoms with Gasteiger partial charge in [-0.2, -0.15) is 0 Å². The Hall–Kier alpha value is -1.86. The summed E-state index contributed by atoms with van der Waals surface area (Å²) in [5.74, 6) is -0.102. The number of nitrogens with one attached hydrogen (secondary N) is 1. The van der Waals surface area contributed by atoms with Crippen molar-refractivity contribution in [3.63, 3.8) is 0 Å². The third-order valence-corrected chi connectivity index (χ3v) is 3.88. The molecule has 5 nitrogen and oxygen atoms in total. The van der Waals surface area contributed by atoms with Gasteiger partial charge in [-0.1, -0.05) is 18.2 Å². The Bertz CT molecular complexity index is 627. The van der Waals surface area contributed by atoms with Crippen molar-refractivity contribution >= 4 is 45.0 Å². The number of benzene rings is 1. The molecule has 0 atom stereocenters. The number of anilines is 1. The summed E-state index contributed by atoms with van der Waals surface area (Å²) in [6.45, 7) is 0. The second-order valence-electron chi connectivity index (χ2n) is 3.61. The number of hydrogen-bond acceptors (Lipinski definition) is 5. The zero-order valence-electron chi connectivity index (χ0n) is 10.4. The summed E-state index contributed by atoms with van der Waals surface area (Å²) in [6, 6.07) is 10.3. The summed E-state index contributed by atoms with van der Waals surface area (Å²) in [7, 11) is 1.28. The number of rotatable bonds is 3. The fourth-order valence-electron chi connectivity index (χ4n) is 1.43. The Kier molecular flexibility index (Phi) is 4.75. The topological polar surface area (TPSA) is 64.6 Å². The highest BCUT2D eigenvalue weighted by atomic mass is 79.9. The lowest BCUT2D eigenvalue weighted by molar-refractivity contribution is 0.0607. The van der Waals surface area contributed by atoms with Gasteiger partial charge in [-0.25, -0.2) is 9.59 Å². The highest BCUT2D eigenvalue weighted by Crippen LogP contribution is 2.32. The molecule has 0 spiro atoms. The van der Waals surface area contributed by atoms with E-state index in [1.165, 1.54) is 18.4 Å². The van der Waals surface area contributed by atoms with Crippen LogP contribution in [0.1, 0.15) is 9.67 Å². The molecule has 0 radical (unpaired) electrons. The zero-order chi connectivity index (χ0) is 14.5. The van der Waals surface area contributed by atoms with Crippen molar-refractivity contribution < 1.29 is 19.1 Å². The second kappa shape index (κ2) is 6.53. The van der Waals surface area contributed by atoms with Crippen molar-refractivity contribution in [1.29, 1.82) is 0 Å². The molecule has 1 aromatic heterocycles. The molecule has 2 aromatic rings. The van der Waals surface area contributed by atoms with E-state index in [9.17, 15) is 9.59 Å². The highest BCUT2D eigenvalue weighted by molar-refractivity contribution is 9.11. The quantitative estimate of drug-likeness (QED) is 0.847. The highest BCUT2D eigenvalue weighted by Gasteiger charge is 2.18. The predicted octanol–water partition coefficient (Wildman–Crippen LogP) is 3.91. The van der Waals surface area contributed by atoms with E-state index in [0.29, 0.717) is 20.1 Å². The Morgan fingerprint density at radius 2 is 1.95 bits per heavy atom. The molecule has 0 fully saturated rings. The van der Waals surface area contributed by atoms with Crippen molar-refractivity contribution in [3.05, 3.63) is 45.1 Å². The van der Waals surface area contributed by atoms with Crippen LogP contribution in [0.5, 0.6) is 5.75 Å². The number of thiophene rings is 1. The maximum absolute atomic E-state index is 11.8. The average molecular weight is 356 g/mol. The molecule has 0 saturated carbocycles. The molecular formula is C13H10BrNO4S. The minimum Gasteiger partial charge on any atom is -0.465 e. The van der Waals surface area contributed by atoms with Crippen molar-refractivity contribution in [2.75, 3.05) is 12.4 Å². The van der Waals surface area contributed by atoms with Gasteiger partial charge in [0.1, 0.15) is 10.6 Å². The number of esters is 1. The first-order valence-corrected chi connectivity index (χ1v) is 7.12. The summed E-state index contributed by atoms with van der Waals surface area (Å²) >= 11 is 4.42. The average Bonchev–Trinajstić information content (AvgIpc) is 2.79. The molecule has 0 unspecified atom stereocenters. The standard InChI is InChI=1S/C13H10BrNO4S/c1-18-12(16)11-9(7-10(14)20-11)15-13(17)19-8-5-3-2-4-6-8/h2-7H,1H3,(H,15,17). The van der Waals surface area contributed by atoms with E-state index in [4.69, 9.17) is 4.74 Å². The number of amides is 1. The molecule has 0 saturated heterocycles. The number of methoxy groups -OCH3 is 1. The largest absolute Gasteiger partial charge is 0.465 e. The van der Waals surface area contributed by atoms with Gasteiger partial charge >= 0.3 is 12.1 Å². The molecule has 104 valence electrons. The second-order valence-corrected chi connectivity index (χ2v) is 6.04. The van der Waals surface area contributed by atoms with Crippen molar-refractivity contribution in [3.8, 4) is 5.75 Å². The van der Waals surface area contributed by atoms with Crippen LogP contribution in [0.3, 0.4) is 0 Å². The van der Waals surface area contributed by atoms with Gasteiger partial charge in [0.2, 0.25) is 0 Å². The van der Waals surface area contributed by atoms with E-state index in [0.717, 1.165) is 0 Å². The number of halogens is 1. The Balaban J connectivity index is 2.10. The fraction of sp³-hybridized carbons (Fsp3) is 0.0769. The lowest BCUT2D eigenvalue weighted by Gasteiger charge is -2.06. The van der Waals surface area contributed by atoms with Crippen LogP contribution in [0.4, 0.5) is 10.5 Å². The smallest absolute Gasteiger partial charge is 0.417 e. The molecular weight excluding hydrogens is 346 g/mol. The Morgan fingerprint density at radius 1 is 1.25 bits per heavy atom. The minimum absolute atomic E-state index is 0.296. The van der Waals surface area contributed by atoms with Gasteiger partial charge in [0.15, 0.2) is 0 Å². The van der Waals surface area contributed by atoms with Gasteiger partial charge < -0.3 is 9.47 Å². The summed E-state index contributed by atoms with van der Waals surface area (Å²) in [6.07, 6.45) is -0.674. The van der Waals surface area contributed by atoms with Gasteiger partial charge in [0.05, 0.1) is 16.6 Å². The monoisotopic (exact) mass is 355 g/mol. The van der Waals surface area contributed by atoms with Crippen LogP contribution in [-0.2, 0) is 4.74 Å². The first-order chi connectivity index (χ1) is 9.60. The Morgan fingerprint density at radius 3 is 2.60 bits per heavy atom. The summed E-state index contributed by atoms with van der Waals surface area (Å²) in [5.41, 5.74) is 0.342. The predicted molar refractivity (Wildman–Crippen MR) is 79.4 cm³/mol. The van der Waals surface area contributed by atoms with Crippen molar-refractivity contribution in [2.45, 2.75) is 0 Å². The SMILES string of the molecule is COC(=O)c1sc(Br)cc1NC(=O)Oc1ccccc1. The van der Waals surface area contributed by atoms with Crippen LogP contribution in [0.15, 0.2) is 40.2 Å². The van der Waals surface area contributed by atoms with Crippen molar-refractivity contribution in [1.82, 2.24) is 0 Å². The summed E-state index contributed by atoms with van der Waals surface area (Å²) < 4.78 is 10.4. The number of ether oxygens (including phenoxy) is 2. The lowest BCUT2D eigenvalue weighted by Crippen LogP contribution is -2.18. The van der Waals surface area contributed by atoms with E-state index in [1.807, 2.05) is 6.07 Å². The number of carbonyl (C=O) groups excluding carboxylic acids is 2. The minimum atomic E-state index is -0.674. The molecule has 0 aliphatic rings. The summed E-state index contributed by atoms with van der Waals surface area (Å²) in [5, 5.41) is 2.51. The third-order valence-electron chi connectivity index (χ3n) is 2.26. The van der Waals surface area contributed by atoms with Crippen LogP contribution >= 0.6 is 27.3 Å². The molecule has 0 aliphatic carbocycles. The van der Waals surface area contributed by atoms with Crippen LogP contribution in [0.25, 0.3) is 0 Å². The van der Waals surface area contributed by atoms with Gasteiger partial charge in [-0.05, 0) is 34.1 Å². The van der Waals surface area contributed by atoms with Crippen LogP contribution in [0.2, 0.25) is 0 Å². The maximum Gasteiger partial charge on any atom is 0.417 e. The van der Waals surface area contributed by atoms with E-state index in [2.05, 4.69) is 26.0 Å². The van der Waals surface area contributed by atoms with E-state index >= 15 is 0 Å².